The maximum atomic E-state index is 12.6. The summed E-state index contributed by atoms with van der Waals surface area (Å²) in [6, 6.07) is 13.1. The predicted octanol–water partition coefficient (Wildman–Crippen LogP) is 3.67. The molecule has 2 rings (SSSR count). The summed E-state index contributed by atoms with van der Waals surface area (Å²) in [6.07, 6.45) is 0.813. The lowest BCUT2D eigenvalue weighted by Crippen LogP contribution is -2.35. The van der Waals surface area contributed by atoms with E-state index < -0.39 is 16.1 Å². The van der Waals surface area contributed by atoms with E-state index in [0.29, 0.717) is 0 Å². The van der Waals surface area contributed by atoms with Crippen LogP contribution in [0.25, 0.3) is 0 Å². The second-order valence-corrected chi connectivity index (χ2v) is 8.63. The summed E-state index contributed by atoms with van der Waals surface area (Å²) in [5.41, 5.74) is 0.851. The van der Waals surface area contributed by atoms with Gasteiger partial charge in [0.15, 0.2) is 6.61 Å². The van der Waals surface area contributed by atoms with Gasteiger partial charge in [0.2, 0.25) is 10.0 Å². The minimum Gasteiger partial charge on any atom is -0.482 e. The second-order valence-electron chi connectivity index (χ2n) is 6.51. The highest BCUT2D eigenvalue weighted by Crippen LogP contribution is 2.28. The number of sulfonamides is 1. The first-order valence-electron chi connectivity index (χ1n) is 9.02. The Kier molecular flexibility index (Phi) is 7.86. The fourth-order valence-electron chi connectivity index (χ4n) is 2.44. The topological polar surface area (TPSA) is 84.5 Å². The first-order valence-corrected chi connectivity index (χ1v) is 10.9. The van der Waals surface area contributed by atoms with Crippen LogP contribution in [-0.2, 0) is 14.8 Å². The molecule has 2 aromatic rings. The highest BCUT2D eigenvalue weighted by atomic mass is 35.5. The van der Waals surface area contributed by atoms with Gasteiger partial charge in [-0.1, -0.05) is 48.9 Å². The summed E-state index contributed by atoms with van der Waals surface area (Å²) >= 11 is 6.16. The normalized spacial score (nSPS) is 13.6. The molecule has 0 aliphatic rings. The van der Waals surface area contributed by atoms with Crippen molar-refractivity contribution < 1.29 is 17.9 Å². The molecule has 0 bridgehead atoms. The maximum absolute atomic E-state index is 12.6. The third kappa shape index (κ3) is 6.22. The Hall–Kier alpha value is -2.09. The molecule has 0 aliphatic carbocycles. The fraction of sp³-hybridized carbons (Fsp3) is 0.350. The number of amides is 1. The third-order valence-electron chi connectivity index (χ3n) is 4.22. The van der Waals surface area contributed by atoms with Crippen LogP contribution in [-0.4, -0.2) is 27.0 Å². The van der Waals surface area contributed by atoms with Gasteiger partial charge in [-0.2, -0.15) is 0 Å². The van der Waals surface area contributed by atoms with Crippen molar-refractivity contribution in [3.05, 3.63) is 59.1 Å². The zero-order chi connectivity index (χ0) is 20.7. The van der Waals surface area contributed by atoms with Gasteiger partial charge < -0.3 is 10.1 Å². The van der Waals surface area contributed by atoms with Gasteiger partial charge in [0.25, 0.3) is 5.91 Å². The van der Waals surface area contributed by atoms with Crippen molar-refractivity contribution in [1.82, 2.24) is 10.0 Å². The smallest absolute Gasteiger partial charge is 0.258 e. The number of benzene rings is 2. The van der Waals surface area contributed by atoms with Crippen LogP contribution >= 0.6 is 11.6 Å². The molecule has 0 saturated heterocycles. The lowest BCUT2D eigenvalue weighted by molar-refractivity contribution is -0.123. The van der Waals surface area contributed by atoms with E-state index in [2.05, 4.69) is 10.0 Å². The van der Waals surface area contributed by atoms with Crippen LogP contribution in [0.5, 0.6) is 5.75 Å². The second kappa shape index (κ2) is 9.91. The molecule has 1 amide bonds. The summed E-state index contributed by atoms with van der Waals surface area (Å²) in [6.45, 7) is 5.43. The average molecular weight is 425 g/mol. The van der Waals surface area contributed by atoms with Crippen LogP contribution < -0.4 is 14.8 Å². The first-order chi connectivity index (χ1) is 13.2. The number of ether oxygens (including phenoxy) is 1. The van der Waals surface area contributed by atoms with E-state index in [-0.39, 0.29) is 34.2 Å². The van der Waals surface area contributed by atoms with E-state index >= 15 is 0 Å². The van der Waals surface area contributed by atoms with Gasteiger partial charge in [0.1, 0.15) is 5.75 Å². The molecule has 0 aliphatic heterocycles. The molecule has 0 fully saturated rings. The van der Waals surface area contributed by atoms with E-state index in [4.69, 9.17) is 16.3 Å². The molecule has 6 nitrogen and oxygen atoms in total. The summed E-state index contributed by atoms with van der Waals surface area (Å²) < 4.78 is 33.3. The van der Waals surface area contributed by atoms with Crippen LogP contribution in [0.15, 0.2) is 53.4 Å². The molecular formula is C20H25ClN2O4S. The van der Waals surface area contributed by atoms with Crippen molar-refractivity contribution in [3.8, 4) is 5.75 Å². The van der Waals surface area contributed by atoms with E-state index in [0.717, 1.165) is 12.0 Å². The summed E-state index contributed by atoms with van der Waals surface area (Å²) in [5.74, 6) is -0.0171. The van der Waals surface area contributed by atoms with Crippen molar-refractivity contribution in [2.45, 2.75) is 44.2 Å². The molecule has 152 valence electrons. The molecule has 2 N–H and O–H groups in total. The zero-order valence-corrected chi connectivity index (χ0v) is 17.7. The van der Waals surface area contributed by atoms with Crippen LogP contribution in [0.2, 0.25) is 5.02 Å². The lowest BCUT2D eigenvalue weighted by Gasteiger charge is -2.16. The maximum Gasteiger partial charge on any atom is 0.258 e. The third-order valence-corrected chi connectivity index (χ3v) is 6.06. The predicted molar refractivity (Wildman–Crippen MR) is 110 cm³/mol. The molecule has 0 saturated carbocycles. The van der Waals surface area contributed by atoms with Gasteiger partial charge in [-0.05, 0) is 44.0 Å². The van der Waals surface area contributed by atoms with Crippen molar-refractivity contribution in [2.75, 3.05) is 6.61 Å². The Labute approximate surface area is 171 Å². The number of carbonyl (C=O) groups excluding carboxylic acids is 1. The lowest BCUT2D eigenvalue weighted by atomic mass is 10.1. The monoisotopic (exact) mass is 424 g/mol. The molecule has 0 radical (unpaired) electrons. The van der Waals surface area contributed by atoms with E-state index in [1.807, 2.05) is 44.2 Å². The average Bonchev–Trinajstić information content (AvgIpc) is 2.67. The number of hydrogen-bond donors (Lipinski definition) is 2. The van der Waals surface area contributed by atoms with Crippen molar-refractivity contribution in [2.24, 2.45) is 0 Å². The first kappa shape index (κ1) is 22.2. The molecule has 2 aromatic carbocycles. The Morgan fingerprint density at radius 1 is 1.14 bits per heavy atom. The van der Waals surface area contributed by atoms with Crippen molar-refractivity contribution in [1.29, 1.82) is 0 Å². The Balaban J connectivity index is 2.05. The Morgan fingerprint density at radius 3 is 2.43 bits per heavy atom. The van der Waals surface area contributed by atoms with E-state index in [1.165, 1.54) is 18.2 Å². The van der Waals surface area contributed by atoms with Gasteiger partial charge >= 0.3 is 0 Å². The number of hydrogen-bond acceptors (Lipinski definition) is 4. The zero-order valence-electron chi connectivity index (χ0n) is 16.1. The number of nitrogens with one attached hydrogen (secondary N) is 2. The molecule has 0 aromatic heterocycles. The van der Waals surface area contributed by atoms with Gasteiger partial charge in [0.05, 0.1) is 9.92 Å². The molecule has 0 unspecified atom stereocenters. The largest absolute Gasteiger partial charge is 0.482 e. The van der Waals surface area contributed by atoms with Gasteiger partial charge in [-0.3, -0.25) is 4.79 Å². The molecule has 2 atom stereocenters. The van der Waals surface area contributed by atoms with Crippen LogP contribution in [0, 0.1) is 0 Å². The highest BCUT2D eigenvalue weighted by Gasteiger charge is 2.20. The van der Waals surface area contributed by atoms with Gasteiger partial charge in [-0.15, -0.1) is 0 Å². The SMILES string of the molecule is CC[C@H](C)NC(=O)COc1ccc(S(=O)(=O)N[C@H](C)c2ccccc2)cc1Cl. The minimum atomic E-state index is -3.77. The van der Waals surface area contributed by atoms with Crippen LogP contribution in [0.1, 0.15) is 38.8 Å². The number of halogens is 1. The molecule has 0 heterocycles. The molecular weight excluding hydrogens is 400 g/mol. The standard InChI is InChI=1S/C20H25ClN2O4S/c1-4-14(2)22-20(24)13-27-19-11-10-17(12-18(19)21)28(25,26)23-15(3)16-8-6-5-7-9-16/h5-12,14-15,23H,4,13H2,1-3H3,(H,22,24)/t14-,15+/m0/s1. The highest BCUT2D eigenvalue weighted by molar-refractivity contribution is 7.89. The molecule has 8 heteroatoms. The van der Waals surface area contributed by atoms with E-state index in [9.17, 15) is 13.2 Å². The summed E-state index contributed by atoms with van der Waals surface area (Å²) in [5, 5.41) is 2.90. The summed E-state index contributed by atoms with van der Waals surface area (Å²) in [4.78, 5) is 11.8. The van der Waals surface area contributed by atoms with Gasteiger partial charge in [-0.25, -0.2) is 13.1 Å². The van der Waals surface area contributed by atoms with E-state index in [1.54, 1.807) is 6.92 Å². The minimum absolute atomic E-state index is 0.0247. The van der Waals surface area contributed by atoms with Crippen molar-refractivity contribution in [3.63, 3.8) is 0 Å². The Bertz CT molecular complexity index is 904. The van der Waals surface area contributed by atoms with Crippen LogP contribution in [0.4, 0.5) is 0 Å². The molecule has 0 spiro atoms. The summed E-state index contributed by atoms with van der Waals surface area (Å²) in [7, 11) is -3.77. The van der Waals surface area contributed by atoms with Crippen LogP contribution in [0.3, 0.4) is 0 Å². The van der Waals surface area contributed by atoms with Gasteiger partial charge in [0, 0.05) is 12.1 Å². The quantitative estimate of drug-likeness (QED) is 0.643. The van der Waals surface area contributed by atoms with Crippen molar-refractivity contribution >= 4 is 27.5 Å². The fourth-order valence-corrected chi connectivity index (χ4v) is 4.00. The number of carbonyl (C=O) groups is 1. The number of rotatable bonds is 9. The molecule has 28 heavy (non-hydrogen) atoms. The Morgan fingerprint density at radius 2 is 1.82 bits per heavy atom.